The molecule has 0 heterocycles. The molecule has 0 aliphatic rings. The molecule has 112 valence electrons. The number of rotatable bonds is 5. The Hall–Kier alpha value is -1.87. The third kappa shape index (κ3) is 3.42. The van der Waals surface area contributed by atoms with Gasteiger partial charge in [-0.2, -0.15) is 0 Å². The molecule has 0 aromatic heterocycles. The van der Waals surface area contributed by atoms with E-state index in [9.17, 15) is 4.39 Å². The van der Waals surface area contributed by atoms with Crippen LogP contribution in [0, 0.1) is 19.7 Å². The highest BCUT2D eigenvalue weighted by Gasteiger charge is 2.24. The van der Waals surface area contributed by atoms with Crippen molar-refractivity contribution >= 4 is 0 Å². The fraction of sp³-hybridized carbons (Fsp3) is 0.333. The van der Waals surface area contributed by atoms with Gasteiger partial charge >= 0.3 is 0 Å². The molecule has 0 amide bonds. The summed E-state index contributed by atoms with van der Waals surface area (Å²) in [5.41, 5.74) is 8.87. The molecule has 3 heteroatoms. The fourth-order valence-corrected chi connectivity index (χ4v) is 2.29. The second-order valence-corrected chi connectivity index (χ2v) is 5.33. The van der Waals surface area contributed by atoms with Crippen LogP contribution in [-0.4, -0.2) is 6.04 Å². The maximum Gasteiger partial charge on any atom is 0.142 e. The molecule has 0 aliphatic carbocycles. The van der Waals surface area contributed by atoms with Crippen molar-refractivity contribution in [1.29, 1.82) is 0 Å². The quantitative estimate of drug-likeness (QED) is 0.890. The molecular formula is C18H22FNO. The van der Waals surface area contributed by atoms with Gasteiger partial charge in [0.15, 0.2) is 0 Å². The molecule has 2 nitrogen and oxygen atoms in total. The third-order valence-electron chi connectivity index (χ3n) is 3.88. The van der Waals surface area contributed by atoms with Gasteiger partial charge in [0, 0.05) is 11.6 Å². The summed E-state index contributed by atoms with van der Waals surface area (Å²) < 4.78 is 20.2. The van der Waals surface area contributed by atoms with Crippen molar-refractivity contribution in [3.8, 4) is 5.75 Å². The van der Waals surface area contributed by atoms with Gasteiger partial charge in [-0.05, 0) is 43.5 Å². The van der Waals surface area contributed by atoms with Crippen molar-refractivity contribution < 1.29 is 9.13 Å². The van der Waals surface area contributed by atoms with Crippen molar-refractivity contribution in [2.24, 2.45) is 5.73 Å². The predicted molar refractivity (Wildman–Crippen MR) is 84.0 cm³/mol. The monoisotopic (exact) mass is 287 g/mol. The highest BCUT2D eigenvalue weighted by atomic mass is 19.1. The lowest BCUT2D eigenvalue weighted by Gasteiger charge is -2.26. The van der Waals surface area contributed by atoms with Gasteiger partial charge in [0.2, 0.25) is 0 Å². The first-order valence-electron chi connectivity index (χ1n) is 7.27. The van der Waals surface area contributed by atoms with Crippen LogP contribution in [0.4, 0.5) is 4.39 Å². The largest absolute Gasteiger partial charge is 0.484 e. The molecule has 0 saturated heterocycles. The van der Waals surface area contributed by atoms with Gasteiger partial charge in [-0.25, -0.2) is 4.39 Å². The molecule has 0 spiro atoms. The van der Waals surface area contributed by atoms with E-state index in [2.05, 4.69) is 0 Å². The van der Waals surface area contributed by atoms with E-state index in [1.807, 2.05) is 39.0 Å². The second-order valence-electron chi connectivity index (χ2n) is 5.33. The minimum atomic E-state index is -0.489. The van der Waals surface area contributed by atoms with Gasteiger partial charge in [-0.1, -0.05) is 37.3 Å². The van der Waals surface area contributed by atoms with Crippen LogP contribution >= 0.6 is 0 Å². The van der Waals surface area contributed by atoms with Crippen molar-refractivity contribution in [1.82, 2.24) is 0 Å². The maximum atomic E-state index is 14.1. The Bertz CT molecular complexity index is 612. The summed E-state index contributed by atoms with van der Waals surface area (Å²) >= 11 is 0. The molecule has 0 aliphatic heterocycles. The zero-order valence-electron chi connectivity index (χ0n) is 12.8. The van der Waals surface area contributed by atoms with E-state index in [0.717, 1.165) is 16.9 Å². The first-order chi connectivity index (χ1) is 10.0. The lowest BCUT2D eigenvalue weighted by molar-refractivity contribution is 0.165. The Morgan fingerprint density at radius 1 is 1.10 bits per heavy atom. The maximum absolute atomic E-state index is 14.1. The number of aryl methyl sites for hydroxylation is 1. The summed E-state index contributed by atoms with van der Waals surface area (Å²) in [5.74, 6) is 0.476. The van der Waals surface area contributed by atoms with Crippen molar-refractivity contribution in [3.05, 3.63) is 65.0 Å². The fourth-order valence-electron chi connectivity index (χ4n) is 2.29. The number of nitrogens with two attached hydrogens (primary N) is 1. The van der Waals surface area contributed by atoms with Crippen LogP contribution in [0.25, 0.3) is 0 Å². The van der Waals surface area contributed by atoms with Gasteiger partial charge in [0.05, 0.1) is 0 Å². The second kappa shape index (κ2) is 6.72. The normalized spacial score (nSPS) is 13.8. The molecule has 2 unspecified atom stereocenters. The molecule has 2 aromatic rings. The smallest absolute Gasteiger partial charge is 0.142 e. The minimum Gasteiger partial charge on any atom is -0.484 e. The zero-order chi connectivity index (χ0) is 15.4. The lowest BCUT2D eigenvalue weighted by Crippen LogP contribution is -2.32. The van der Waals surface area contributed by atoms with Crippen LogP contribution in [0.1, 0.15) is 36.1 Å². The van der Waals surface area contributed by atoms with E-state index in [1.165, 1.54) is 6.07 Å². The van der Waals surface area contributed by atoms with E-state index >= 15 is 0 Å². The Morgan fingerprint density at radius 3 is 2.48 bits per heavy atom. The molecule has 2 rings (SSSR count). The summed E-state index contributed by atoms with van der Waals surface area (Å²) in [6.07, 6.45) is 0.223. The van der Waals surface area contributed by atoms with Crippen LogP contribution in [0.5, 0.6) is 5.75 Å². The number of hydrogen-bond donors (Lipinski definition) is 1. The molecular weight excluding hydrogens is 265 g/mol. The average molecular weight is 287 g/mol. The predicted octanol–water partition coefficient (Wildman–Crippen LogP) is 4.30. The molecule has 0 radical (unpaired) electrons. The van der Waals surface area contributed by atoms with Crippen LogP contribution in [0.2, 0.25) is 0 Å². The van der Waals surface area contributed by atoms with Gasteiger partial charge < -0.3 is 10.5 Å². The van der Waals surface area contributed by atoms with Crippen molar-refractivity contribution in [2.45, 2.75) is 39.3 Å². The standard InChI is InChI=1S/C18H22FNO/c1-4-16(20)18(14-9-5-6-10-15(14)19)21-17-11-7-8-12(2)13(17)3/h5-11,16,18H,4,20H2,1-3H3. The van der Waals surface area contributed by atoms with Crippen LogP contribution in [-0.2, 0) is 0 Å². The Labute approximate surface area is 125 Å². The number of ether oxygens (including phenoxy) is 1. The highest BCUT2D eigenvalue weighted by Crippen LogP contribution is 2.30. The average Bonchev–Trinajstić information content (AvgIpc) is 2.49. The molecule has 2 aromatic carbocycles. The molecule has 0 fully saturated rings. The van der Waals surface area contributed by atoms with Crippen LogP contribution in [0.3, 0.4) is 0 Å². The lowest BCUT2D eigenvalue weighted by atomic mass is 10.00. The zero-order valence-corrected chi connectivity index (χ0v) is 12.8. The van der Waals surface area contributed by atoms with E-state index in [4.69, 9.17) is 10.5 Å². The van der Waals surface area contributed by atoms with Crippen molar-refractivity contribution in [3.63, 3.8) is 0 Å². The number of halogens is 1. The Balaban J connectivity index is 2.38. The number of hydrogen-bond acceptors (Lipinski definition) is 2. The minimum absolute atomic E-state index is 0.262. The highest BCUT2D eigenvalue weighted by molar-refractivity contribution is 5.39. The molecule has 21 heavy (non-hydrogen) atoms. The van der Waals surface area contributed by atoms with Crippen LogP contribution < -0.4 is 10.5 Å². The van der Waals surface area contributed by atoms with Gasteiger partial charge in [0.1, 0.15) is 17.7 Å². The molecule has 0 bridgehead atoms. The SMILES string of the molecule is CCC(N)C(Oc1cccc(C)c1C)c1ccccc1F. The van der Waals surface area contributed by atoms with Gasteiger partial charge in [0.25, 0.3) is 0 Å². The van der Waals surface area contributed by atoms with Crippen molar-refractivity contribution in [2.75, 3.05) is 0 Å². The summed E-state index contributed by atoms with van der Waals surface area (Å²) in [6, 6.07) is 12.3. The number of benzene rings is 2. The Kier molecular flexibility index (Phi) is 4.97. The first-order valence-corrected chi connectivity index (χ1v) is 7.27. The topological polar surface area (TPSA) is 35.2 Å². The van der Waals surface area contributed by atoms with E-state index < -0.39 is 6.10 Å². The summed E-state index contributed by atoms with van der Waals surface area (Å²) in [5, 5.41) is 0. The third-order valence-corrected chi connectivity index (χ3v) is 3.88. The van der Waals surface area contributed by atoms with Gasteiger partial charge in [-0.3, -0.25) is 0 Å². The van der Waals surface area contributed by atoms with E-state index in [-0.39, 0.29) is 11.9 Å². The summed E-state index contributed by atoms with van der Waals surface area (Å²) in [4.78, 5) is 0. The molecule has 2 N–H and O–H groups in total. The van der Waals surface area contributed by atoms with E-state index in [1.54, 1.807) is 18.2 Å². The van der Waals surface area contributed by atoms with Gasteiger partial charge in [-0.15, -0.1) is 0 Å². The molecule has 2 atom stereocenters. The summed E-state index contributed by atoms with van der Waals surface area (Å²) in [7, 11) is 0. The van der Waals surface area contributed by atoms with E-state index in [0.29, 0.717) is 12.0 Å². The van der Waals surface area contributed by atoms with Crippen LogP contribution in [0.15, 0.2) is 42.5 Å². The molecule has 0 saturated carbocycles. The Morgan fingerprint density at radius 2 is 1.81 bits per heavy atom. The summed E-state index contributed by atoms with van der Waals surface area (Å²) in [6.45, 7) is 6.01. The first kappa shape index (κ1) is 15.5.